The van der Waals surface area contributed by atoms with E-state index in [1.165, 1.54) is 23.2 Å². The van der Waals surface area contributed by atoms with E-state index in [0.717, 1.165) is 12.1 Å². The lowest BCUT2D eigenvalue weighted by atomic mass is 10.3. The Hall–Kier alpha value is -0.740. The third-order valence-electron chi connectivity index (χ3n) is 3.19. The van der Waals surface area contributed by atoms with Crippen LogP contribution in [-0.4, -0.2) is 22.5 Å². The molecule has 0 aliphatic heterocycles. The molecule has 84 valence electrons. The highest BCUT2D eigenvalue weighted by Crippen LogP contribution is 2.47. The molecule has 0 radical (unpaired) electrons. The maximum absolute atomic E-state index is 4.35. The first-order valence-corrected chi connectivity index (χ1v) is 7.55. The molecule has 2 aromatic heterocycles. The first-order chi connectivity index (χ1) is 7.83. The van der Waals surface area contributed by atoms with Gasteiger partial charge in [-0.05, 0) is 36.6 Å². The number of anilines is 1. The van der Waals surface area contributed by atoms with E-state index in [9.17, 15) is 0 Å². The molecular formula is C12H14N2S2. The summed E-state index contributed by atoms with van der Waals surface area (Å²) in [7, 11) is 0. The Labute approximate surface area is 103 Å². The van der Waals surface area contributed by atoms with Crippen molar-refractivity contribution in [3.63, 3.8) is 0 Å². The zero-order chi connectivity index (χ0) is 11.0. The largest absolute Gasteiger partial charge is 0.382 e. The fourth-order valence-corrected chi connectivity index (χ4v) is 3.43. The molecule has 16 heavy (non-hydrogen) atoms. The summed E-state index contributed by atoms with van der Waals surface area (Å²) in [4.78, 5) is 4.35. The average Bonchev–Trinajstić information content (AvgIpc) is 2.94. The molecule has 1 saturated carbocycles. The number of aromatic nitrogens is 1. The summed E-state index contributed by atoms with van der Waals surface area (Å²) in [5.74, 6) is 0. The summed E-state index contributed by atoms with van der Waals surface area (Å²) >= 11 is 3.75. The number of nitrogens with one attached hydrogen (secondary N) is 1. The summed E-state index contributed by atoms with van der Waals surface area (Å²) in [5.41, 5.74) is 2.34. The van der Waals surface area contributed by atoms with Crippen molar-refractivity contribution >= 4 is 39.0 Å². The topological polar surface area (TPSA) is 24.9 Å². The maximum atomic E-state index is 4.35. The Morgan fingerprint density at radius 3 is 3.12 bits per heavy atom. The van der Waals surface area contributed by atoms with Crippen molar-refractivity contribution in [2.75, 3.05) is 18.1 Å². The second kappa shape index (κ2) is 3.93. The molecule has 3 rings (SSSR count). The number of thiophene rings is 1. The molecule has 0 atom stereocenters. The molecule has 0 aromatic carbocycles. The Morgan fingerprint density at radius 2 is 2.38 bits per heavy atom. The summed E-state index contributed by atoms with van der Waals surface area (Å²) in [6.07, 6.45) is 6.79. The molecule has 4 heteroatoms. The standard InChI is InChI=1S/C12H14N2S2/c1-15-12(4-5-12)8-14-9-2-6-13-10-3-7-16-11(9)10/h2-3,6-7H,4-5,8H2,1H3,(H,13,14). The van der Waals surface area contributed by atoms with Gasteiger partial charge in [-0.2, -0.15) is 11.8 Å². The molecular weight excluding hydrogens is 236 g/mol. The Balaban J connectivity index is 1.81. The second-order valence-electron chi connectivity index (χ2n) is 4.23. The van der Waals surface area contributed by atoms with E-state index in [1.54, 1.807) is 11.3 Å². The predicted molar refractivity (Wildman–Crippen MR) is 73.6 cm³/mol. The minimum absolute atomic E-state index is 0.507. The predicted octanol–water partition coefficient (Wildman–Crippen LogP) is 3.60. The van der Waals surface area contributed by atoms with Crippen LogP contribution in [0.15, 0.2) is 23.7 Å². The molecule has 2 aromatic rings. The lowest BCUT2D eigenvalue weighted by Crippen LogP contribution is -2.17. The van der Waals surface area contributed by atoms with E-state index >= 15 is 0 Å². The number of rotatable bonds is 4. The summed E-state index contributed by atoms with van der Waals surface area (Å²) in [5, 5.41) is 5.68. The van der Waals surface area contributed by atoms with Gasteiger partial charge in [0.25, 0.3) is 0 Å². The SMILES string of the molecule is CSC1(CNc2ccnc3ccsc23)CC1. The van der Waals surface area contributed by atoms with Crippen LogP contribution in [0.2, 0.25) is 0 Å². The van der Waals surface area contributed by atoms with E-state index in [4.69, 9.17) is 0 Å². The monoisotopic (exact) mass is 250 g/mol. The Bertz CT molecular complexity index is 502. The number of thioether (sulfide) groups is 1. The summed E-state index contributed by atoms with van der Waals surface area (Å²) in [6, 6.07) is 4.15. The van der Waals surface area contributed by atoms with Crippen LogP contribution in [0.4, 0.5) is 5.69 Å². The highest BCUT2D eigenvalue weighted by molar-refractivity contribution is 8.00. The highest BCUT2D eigenvalue weighted by atomic mass is 32.2. The number of hydrogen-bond acceptors (Lipinski definition) is 4. The quantitative estimate of drug-likeness (QED) is 0.897. The molecule has 0 saturated heterocycles. The van der Waals surface area contributed by atoms with Crippen molar-refractivity contribution in [1.82, 2.24) is 4.98 Å². The van der Waals surface area contributed by atoms with Crippen molar-refractivity contribution in [1.29, 1.82) is 0 Å². The summed E-state index contributed by atoms with van der Waals surface area (Å²) < 4.78 is 1.78. The van der Waals surface area contributed by atoms with E-state index < -0.39 is 0 Å². The normalized spacial score (nSPS) is 17.6. The van der Waals surface area contributed by atoms with E-state index in [-0.39, 0.29) is 0 Å². The van der Waals surface area contributed by atoms with Gasteiger partial charge in [-0.3, -0.25) is 4.98 Å². The van der Waals surface area contributed by atoms with Gasteiger partial charge in [0.05, 0.1) is 15.9 Å². The molecule has 1 fully saturated rings. The molecule has 1 N–H and O–H groups in total. The third-order valence-corrected chi connectivity index (χ3v) is 5.54. The smallest absolute Gasteiger partial charge is 0.0830 e. The van der Waals surface area contributed by atoms with Crippen LogP contribution >= 0.6 is 23.1 Å². The minimum atomic E-state index is 0.507. The molecule has 1 aliphatic carbocycles. The first kappa shape index (κ1) is 10.4. The molecule has 0 unspecified atom stereocenters. The zero-order valence-corrected chi connectivity index (χ0v) is 10.8. The third kappa shape index (κ3) is 1.80. The maximum Gasteiger partial charge on any atom is 0.0830 e. The van der Waals surface area contributed by atoms with Crippen molar-refractivity contribution in [3.8, 4) is 0 Å². The van der Waals surface area contributed by atoms with Crippen LogP contribution < -0.4 is 5.32 Å². The van der Waals surface area contributed by atoms with E-state index in [0.29, 0.717) is 4.75 Å². The van der Waals surface area contributed by atoms with Gasteiger partial charge in [-0.25, -0.2) is 0 Å². The van der Waals surface area contributed by atoms with Crippen LogP contribution in [-0.2, 0) is 0 Å². The zero-order valence-electron chi connectivity index (χ0n) is 9.19. The van der Waals surface area contributed by atoms with E-state index in [2.05, 4.69) is 34.1 Å². The van der Waals surface area contributed by atoms with Crippen molar-refractivity contribution in [2.45, 2.75) is 17.6 Å². The highest BCUT2D eigenvalue weighted by Gasteiger charge is 2.41. The number of hydrogen-bond donors (Lipinski definition) is 1. The lowest BCUT2D eigenvalue weighted by molar-refractivity contribution is 0.951. The average molecular weight is 250 g/mol. The Kier molecular flexibility index (Phi) is 2.56. The number of pyridine rings is 1. The molecule has 0 bridgehead atoms. The summed E-state index contributed by atoms with van der Waals surface area (Å²) in [6.45, 7) is 1.07. The molecule has 0 spiro atoms. The van der Waals surface area contributed by atoms with E-state index in [1.807, 2.05) is 18.0 Å². The van der Waals surface area contributed by atoms with Gasteiger partial charge in [0.15, 0.2) is 0 Å². The number of fused-ring (bicyclic) bond motifs is 1. The first-order valence-electron chi connectivity index (χ1n) is 5.44. The fraction of sp³-hybridized carbons (Fsp3) is 0.417. The van der Waals surface area contributed by atoms with Gasteiger partial charge in [0, 0.05) is 17.5 Å². The van der Waals surface area contributed by atoms with Crippen LogP contribution in [0.1, 0.15) is 12.8 Å². The van der Waals surface area contributed by atoms with Crippen molar-refractivity contribution in [2.24, 2.45) is 0 Å². The molecule has 0 amide bonds. The van der Waals surface area contributed by atoms with Gasteiger partial charge in [-0.1, -0.05) is 0 Å². The van der Waals surface area contributed by atoms with Gasteiger partial charge in [0.1, 0.15) is 0 Å². The molecule has 2 nitrogen and oxygen atoms in total. The van der Waals surface area contributed by atoms with Crippen LogP contribution in [0, 0.1) is 0 Å². The second-order valence-corrected chi connectivity index (χ2v) is 6.42. The lowest BCUT2D eigenvalue weighted by Gasteiger charge is -2.14. The van der Waals surface area contributed by atoms with Crippen molar-refractivity contribution in [3.05, 3.63) is 23.7 Å². The van der Waals surface area contributed by atoms with Gasteiger partial charge in [0.2, 0.25) is 0 Å². The molecule has 2 heterocycles. The van der Waals surface area contributed by atoms with Crippen molar-refractivity contribution < 1.29 is 0 Å². The fourth-order valence-electron chi connectivity index (χ4n) is 1.86. The van der Waals surface area contributed by atoms with Gasteiger partial charge >= 0.3 is 0 Å². The van der Waals surface area contributed by atoms with Gasteiger partial charge in [-0.15, -0.1) is 11.3 Å². The number of nitrogens with zero attached hydrogens (tertiary/aromatic N) is 1. The van der Waals surface area contributed by atoms with Crippen LogP contribution in [0.3, 0.4) is 0 Å². The van der Waals surface area contributed by atoms with Crippen LogP contribution in [0.5, 0.6) is 0 Å². The van der Waals surface area contributed by atoms with Gasteiger partial charge < -0.3 is 5.32 Å². The van der Waals surface area contributed by atoms with Crippen LogP contribution in [0.25, 0.3) is 10.2 Å². The molecule has 1 aliphatic rings. The Morgan fingerprint density at radius 1 is 1.50 bits per heavy atom. The minimum Gasteiger partial charge on any atom is -0.382 e.